The Morgan fingerprint density at radius 1 is 0.920 bits per heavy atom. The maximum atomic E-state index is 12.9. The van der Waals surface area contributed by atoms with E-state index in [0.29, 0.717) is 23.9 Å². The Hall–Kier alpha value is -2.52. The molecule has 0 amide bonds. The summed E-state index contributed by atoms with van der Waals surface area (Å²) in [5.41, 5.74) is 4.21. The number of aryl methyl sites for hydroxylation is 1. The highest BCUT2D eigenvalue weighted by Gasteiger charge is 2.04. The van der Waals surface area contributed by atoms with E-state index < -0.39 is 0 Å². The molecule has 0 radical (unpaired) electrons. The molecule has 1 N–H and O–H groups in total. The van der Waals surface area contributed by atoms with E-state index in [9.17, 15) is 4.39 Å². The van der Waals surface area contributed by atoms with E-state index in [1.54, 1.807) is 12.1 Å². The highest BCUT2D eigenvalue weighted by molar-refractivity contribution is 6.32. The number of rotatable bonds is 6. The smallest absolute Gasteiger partial charge is 0.138 e. The number of hydrogen-bond acceptors (Lipinski definition) is 2. The summed E-state index contributed by atoms with van der Waals surface area (Å²) in [5, 5.41) is 3.81. The molecule has 0 fully saturated rings. The highest BCUT2D eigenvalue weighted by atomic mass is 35.5. The van der Waals surface area contributed by atoms with Crippen molar-refractivity contribution in [2.24, 2.45) is 0 Å². The quantitative estimate of drug-likeness (QED) is 0.587. The lowest BCUT2D eigenvalue weighted by molar-refractivity contribution is 0.306. The first-order valence-corrected chi connectivity index (χ1v) is 8.44. The summed E-state index contributed by atoms with van der Waals surface area (Å²) < 4.78 is 18.7. The van der Waals surface area contributed by atoms with E-state index in [2.05, 4.69) is 24.4 Å². The maximum absolute atomic E-state index is 12.9. The molecule has 0 unspecified atom stereocenters. The summed E-state index contributed by atoms with van der Waals surface area (Å²) in [5.74, 6) is 0.413. The van der Waals surface area contributed by atoms with Crippen molar-refractivity contribution in [2.45, 2.75) is 20.1 Å². The SMILES string of the molecule is Cc1ccc(COc2ccc(CNc3ccc(F)cc3)cc2Cl)cc1. The van der Waals surface area contributed by atoms with Gasteiger partial charge >= 0.3 is 0 Å². The van der Waals surface area contributed by atoms with Gasteiger partial charge in [-0.3, -0.25) is 0 Å². The Bertz CT molecular complexity index is 832. The van der Waals surface area contributed by atoms with E-state index >= 15 is 0 Å². The number of anilines is 1. The fourth-order valence-corrected chi connectivity index (χ4v) is 2.65. The van der Waals surface area contributed by atoms with Gasteiger partial charge in [0.2, 0.25) is 0 Å². The summed E-state index contributed by atoms with van der Waals surface area (Å²) in [7, 11) is 0. The third-order valence-corrected chi connectivity index (χ3v) is 4.15. The van der Waals surface area contributed by atoms with E-state index in [1.165, 1.54) is 17.7 Å². The zero-order chi connectivity index (χ0) is 17.6. The number of benzene rings is 3. The minimum Gasteiger partial charge on any atom is -0.487 e. The van der Waals surface area contributed by atoms with Crippen LogP contribution in [-0.4, -0.2) is 0 Å². The highest BCUT2D eigenvalue weighted by Crippen LogP contribution is 2.26. The van der Waals surface area contributed by atoms with Crippen LogP contribution in [0, 0.1) is 12.7 Å². The van der Waals surface area contributed by atoms with E-state index in [1.807, 2.05) is 30.3 Å². The van der Waals surface area contributed by atoms with Crippen molar-refractivity contribution < 1.29 is 9.13 Å². The number of halogens is 2. The third kappa shape index (κ3) is 4.97. The number of ether oxygens (including phenoxy) is 1. The molecule has 0 atom stereocenters. The summed E-state index contributed by atoms with van der Waals surface area (Å²) in [4.78, 5) is 0. The Morgan fingerprint density at radius 3 is 2.28 bits per heavy atom. The van der Waals surface area contributed by atoms with Crippen molar-refractivity contribution in [3.05, 3.63) is 94.3 Å². The van der Waals surface area contributed by atoms with Crippen LogP contribution in [0.4, 0.5) is 10.1 Å². The molecule has 128 valence electrons. The molecule has 3 aromatic rings. The first-order valence-electron chi connectivity index (χ1n) is 8.06. The summed E-state index contributed by atoms with van der Waals surface area (Å²) >= 11 is 6.32. The van der Waals surface area contributed by atoms with Gasteiger partial charge in [-0.25, -0.2) is 4.39 Å². The standard InChI is InChI=1S/C21H19ClFNO/c1-15-2-4-16(5-3-15)14-25-21-11-6-17(12-20(21)22)13-24-19-9-7-18(23)8-10-19/h2-12,24H,13-14H2,1H3. The first kappa shape index (κ1) is 17.3. The predicted molar refractivity (Wildman–Crippen MR) is 101 cm³/mol. The Morgan fingerprint density at radius 2 is 1.60 bits per heavy atom. The van der Waals surface area contributed by atoms with Gasteiger partial charge in [-0.05, 0) is 54.4 Å². The molecule has 3 rings (SSSR count). The molecule has 0 spiro atoms. The normalized spacial score (nSPS) is 10.5. The molecule has 25 heavy (non-hydrogen) atoms. The average Bonchev–Trinajstić information content (AvgIpc) is 2.62. The van der Waals surface area contributed by atoms with Crippen molar-refractivity contribution in [1.29, 1.82) is 0 Å². The monoisotopic (exact) mass is 355 g/mol. The van der Waals surface area contributed by atoms with Crippen LogP contribution < -0.4 is 10.1 Å². The van der Waals surface area contributed by atoms with Crippen LogP contribution in [0.1, 0.15) is 16.7 Å². The fourth-order valence-electron chi connectivity index (χ4n) is 2.39. The van der Waals surface area contributed by atoms with Gasteiger partial charge in [-0.1, -0.05) is 47.5 Å². The molecule has 0 saturated heterocycles. The van der Waals surface area contributed by atoms with Crippen LogP contribution in [-0.2, 0) is 13.2 Å². The molecule has 4 heteroatoms. The van der Waals surface area contributed by atoms with E-state index in [0.717, 1.165) is 16.8 Å². The second-order valence-corrected chi connectivity index (χ2v) is 6.31. The van der Waals surface area contributed by atoms with Gasteiger partial charge in [-0.15, -0.1) is 0 Å². The van der Waals surface area contributed by atoms with Gasteiger partial charge in [0.05, 0.1) is 5.02 Å². The maximum Gasteiger partial charge on any atom is 0.138 e. The summed E-state index contributed by atoms with van der Waals surface area (Å²) in [6.07, 6.45) is 0. The Balaban J connectivity index is 1.58. The lowest BCUT2D eigenvalue weighted by Crippen LogP contribution is -2.00. The van der Waals surface area contributed by atoms with Gasteiger partial charge in [0.1, 0.15) is 18.2 Å². The molecule has 2 nitrogen and oxygen atoms in total. The van der Waals surface area contributed by atoms with Crippen molar-refractivity contribution in [1.82, 2.24) is 0 Å². The van der Waals surface area contributed by atoms with Gasteiger partial charge in [-0.2, -0.15) is 0 Å². The van der Waals surface area contributed by atoms with Gasteiger partial charge < -0.3 is 10.1 Å². The van der Waals surface area contributed by atoms with Crippen LogP contribution in [0.3, 0.4) is 0 Å². The predicted octanol–water partition coefficient (Wildman–Crippen LogP) is 5.98. The van der Waals surface area contributed by atoms with Crippen LogP contribution in [0.15, 0.2) is 66.7 Å². The number of nitrogens with one attached hydrogen (secondary N) is 1. The Kier molecular flexibility index (Phi) is 5.56. The third-order valence-electron chi connectivity index (χ3n) is 3.85. The van der Waals surface area contributed by atoms with Crippen LogP contribution in [0.5, 0.6) is 5.75 Å². The molecular weight excluding hydrogens is 337 g/mol. The summed E-state index contributed by atoms with van der Waals surface area (Å²) in [6, 6.07) is 20.2. The second kappa shape index (κ2) is 8.04. The molecule has 0 bridgehead atoms. The molecule has 0 aliphatic rings. The second-order valence-electron chi connectivity index (χ2n) is 5.90. The Labute approximate surface area is 152 Å². The molecule has 0 aromatic heterocycles. The molecule has 0 aliphatic heterocycles. The van der Waals surface area contributed by atoms with Crippen LogP contribution in [0.25, 0.3) is 0 Å². The zero-order valence-corrected chi connectivity index (χ0v) is 14.7. The number of hydrogen-bond donors (Lipinski definition) is 1. The van der Waals surface area contributed by atoms with Crippen molar-refractivity contribution in [3.63, 3.8) is 0 Å². The molecule has 0 aliphatic carbocycles. The van der Waals surface area contributed by atoms with Crippen molar-refractivity contribution >= 4 is 17.3 Å². The molecular formula is C21H19ClFNO. The fraction of sp³-hybridized carbons (Fsp3) is 0.143. The molecule has 0 saturated carbocycles. The average molecular weight is 356 g/mol. The minimum absolute atomic E-state index is 0.247. The van der Waals surface area contributed by atoms with Gasteiger partial charge in [0, 0.05) is 12.2 Å². The van der Waals surface area contributed by atoms with E-state index in [4.69, 9.17) is 16.3 Å². The molecule has 3 aromatic carbocycles. The first-order chi connectivity index (χ1) is 12.1. The summed E-state index contributed by atoms with van der Waals surface area (Å²) in [6.45, 7) is 3.14. The van der Waals surface area contributed by atoms with Crippen LogP contribution in [0.2, 0.25) is 5.02 Å². The van der Waals surface area contributed by atoms with Crippen LogP contribution >= 0.6 is 11.6 Å². The topological polar surface area (TPSA) is 21.3 Å². The van der Waals surface area contributed by atoms with Crippen molar-refractivity contribution in [2.75, 3.05) is 5.32 Å². The van der Waals surface area contributed by atoms with Gasteiger partial charge in [0.15, 0.2) is 0 Å². The lowest BCUT2D eigenvalue weighted by atomic mass is 10.2. The van der Waals surface area contributed by atoms with Gasteiger partial charge in [0.25, 0.3) is 0 Å². The lowest BCUT2D eigenvalue weighted by Gasteiger charge is -2.11. The minimum atomic E-state index is -0.247. The van der Waals surface area contributed by atoms with Crippen molar-refractivity contribution in [3.8, 4) is 5.75 Å². The van der Waals surface area contributed by atoms with E-state index in [-0.39, 0.29) is 5.82 Å². The zero-order valence-electron chi connectivity index (χ0n) is 13.9. The molecule has 0 heterocycles. The largest absolute Gasteiger partial charge is 0.487 e.